The van der Waals surface area contributed by atoms with Crippen molar-refractivity contribution in [3.8, 4) is 0 Å². The predicted octanol–water partition coefficient (Wildman–Crippen LogP) is 5.25. The maximum Gasteiger partial charge on any atom is 0.258 e. The standard InChI is InChI=1S/C30H34F2N6O2S/c1-38-10-6-18(7-11-38)19-2-3-24(26(14-19)35-22-8-12-40-13-9-22)30(39)37-29(34)28-25(33)4-5-27(36-28)41-23-16-20(31)15-21(32)17-23/h2-5,14-18,22,35H,6-13,33H2,1H3,(H2,34,37,39). The molecule has 2 aliphatic heterocycles. The second kappa shape index (κ2) is 13.0. The molecule has 2 saturated heterocycles. The number of rotatable bonds is 7. The number of amides is 1. The molecule has 0 bridgehead atoms. The van der Waals surface area contributed by atoms with Crippen molar-refractivity contribution in [3.63, 3.8) is 0 Å². The quantitative estimate of drug-likeness (QED) is 0.223. The van der Waals surface area contributed by atoms with Gasteiger partial charge in [0.15, 0.2) is 5.84 Å². The number of piperidine rings is 1. The Hall–Kier alpha value is -3.54. The third-order valence-corrected chi connectivity index (χ3v) is 8.40. The molecule has 0 atom stereocenters. The van der Waals surface area contributed by atoms with Crippen LogP contribution in [0, 0.1) is 17.0 Å². The summed E-state index contributed by atoms with van der Waals surface area (Å²) in [5, 5.41) is 15.2. The zero-order valence-corrected chi connectivity index (χ0v) is 23.7. The molecule has 3 aromatic rings. The first kappa shape index (κ1) is 29.0. The third kappa shape index (κ3) is 7.41. The average Bonchev–Trinajstić information content (AvgIpc) is 2.94. The van der Waals surface area contributed by atoms with Crippen molar-refractivity contribution in [1.82, 2.24) is 15.2 Å². The van der Waals surface area contributed by atoms with E-state index in [1.807, 2.05) is 12.1 Å². The van der Waals surface area contributed by atoms with Crippen molar-refractivity contribution in [2.45, 2.75) is 47.6 Å². The molecular formula is C30H34F2N6O2S. The number of carbonyl (C=O) groups excluding carboxylic acids is 1. The summed E-state index contributed by atoms with van der Waals surface area (Å²) in [6, 6.07) is 12.4. The highest BCUT2D eigenvalue weighted by molar-refractivity contribution is 7.99. The number of nitrogens with zero attached hydrogens (tertiary/aromatic N) is 2. The Morgan fingerprint density at radius 3 is 2.46 bits per heavy atom. The van der Waals surface area contributed by atoms with E-state index in [9.17, 15) is 13.6 Å². The molecule has 216 valence electrons. The molecular weight excluding hydrogens is 546 g/mol. The fraction of sp³-hybridized carbons (Fsp3) is 0.367. The normalized spacial score (nSPS) is 16.9. The topological polar surface area (TPSA) is 116 Å². The van der Waals surface area contributed by atoms with Gasteiger partial charge in [-0.25, -0.2) is 13.8 Å². The number of nitrogen functional groups attached to an aromatic ring is 1. The Morgan fingerprint density at radius 2 is 1.76 bits per heavy atom. The summed E-state index contributed by atoms with van der Waals surface area (Å²) in [5.74, 6) is -1.69. The number of ether oxygens (including phenoxy) is 1. The van der Waals surface area contributed by atoms with Crippen LogP contribution in [-0.2, 0) is 4.74 Å². The van der Waals surface area contributed by atoms with E-state index in [1.54, 1.807) is 12.1 Å². The van der Waals surface area contributed by atoms with Crippen LogP contribution in [0.5, 0.6) is 0 Å². The molecule has 0 saturated carbocycles. The van der Waals surface area contributed by atoms with Gasteiger partial charge in [-0.2, -0.15) is 0 Å². The summed E-state index contributed by atoms with van der Waals surface area (Å²) in [7, 11) is 2.13. The van der Waals surface area contributed by atoms with Crippen molar-refractivity contribution in [1.29, 1.82) is 5.41 Å². The van der Waals surface area contributed by atoms with Crippen molar-refractivity contribution in [2.24, 2.45) is 0 Å². The van der Waals surface area contributed by atoms with E-state index in [-0.39, 0.29) is 23.3 Å². The summed E-state index contributed by atoms with van der Waals surface area (Å²) in [4.78, 5) is 20.5. The van der Waals surface area contributed by atoms with Crippen molar-refractivity contribution in [3.05, 3.63) is 77.0 Å². The molecule has 11 heteroatoms. The molecule has 41 heavy (non-hydrogen) atoms. The molecule has 1 aromatic heterocycles. The van der Waals surface area contributed by atoms with Gasteiger partial charge < -0.3 is 26.0 Å². The van der Waals surface area contributed by atoms with Gasteiger partial charge in [-0.3, -0.25) is 10.2 Å². The van der Waals surface area contributed by atoms with Crippen LogP contribution < -0.4 is 16.4 Å². The molecule has 0 unspecified atom stereocenters. The second-order valence-electron chi connectivity index (χ2n) is 10.5. The third-order valence-electron chi connectivity index (χ3n) is 7.49. The molecule has 0 radical (unpaired) electrons. The van der Waals surface area contributed by atoms with Gasteiger partial charge in [0.1, 0.15) is 22.4 Å². The van der Waals surface area contributed by atoms with Crippen LogP contribution >= 0.6 is 11.8 Å². The Balaban J connectivity index is 1.35. The number of amidine groups is 1. The molecule has 2 aliphatic rings. The van der Waals surface area contributed by atoms with Gasteiger partial charge in [-0.1, -0.05) is 17.8 Å². The first-order valence-corrected chi connectivity index (χ1v) is 14.5. The summed E-state index contributed by atoms with van der Waals surface area (Å²) in [6.07, 6.45) is 3.81. The first-order chi connectivity index (χ1) is 19.7. The Bertz CT molecular complexity index is 1400. The minimum Gasteiger partial charge on any atom is -0.397 e. The van der Waals surface area contributed by atoms with Crippen LogP contribution in [-0.4, -0.2) is 61.0 Å². The van der Waals surface area contributed by atoms with E-state index >= 15 is 0 Å². The monoisotopic (exact) mass is 580 g/mol. The number of aromatic nitrogens is 1. The number of hydrogen-bond donors (Lipinski definition) is 4. The van der Waals surface area contributed by atoms with Crippen LogP contribution in [0.15, 0.2) is 58.5 Å². The van der Waals surface area contributed by atoms with Crippen LogP contribution in [0.2, 0.25) is 0 Å². The predicted molar refractivity (Wildman–Crippen MR) is 157 cm³/mol. The van der Waals surface area contributed by atoms with Crippen LogP contribution in [0.3, 0.4) is 0 Å². The average molecular weight is 581 g/mol. The number of pyridine rings is 1. The molecule has 1 amide bonds. The number of benzene rings is 2. The first-order valence-electron chi connectivity index (χ1n) is 13.7. The zero-order chi connectivity index (χ0) is 28.9. The number of nitrogens with one attached hydrogen (secondary N) is 3. The molecule has 8 nitrogen and oxygen atoms in total. The van der Waals surface area contributed by atoms with E-state index in [4.69, 9.17) is 15.9 Å². The van der Waals surface area contributed by atoms with Crippen LogP contribution in [0.4, 0.5) is 20.2 Å². The molecule has 3 heterocycles. The molecule has 5 rings (SSSR count). The van der Waals surface area contributed by atoms with E-state index in [2.05, 4.69) is 33.6 Å². The fourth-order valence-electron chi connectivity index (χ4n) is 5.19. The fourth-order valence-corrected chi connectivity index (χ4v) is 6.05. The largest absolute Gasteiger partial charge is 0.397 e. The Morgan fingerprint density at radius 1 is 1.05 bits per heavy atom. The van der Waals surface area contributed by atoms with Gasteiger partial charge in [0.05, 0.1) is 11.3 Å². The molecule has 5 N–H and O–H groups in total. The minimum atomic E-state index is -0.699. The molecule has 2 fully saturated rings. The SMILES string of the molecule is CN1CCC(c2ccc(C(=O)NC(=N)c3nc(Sc4cc(F)cc(F)c4)ccc3N)c(NC3CCOCC3)c2)CC1. The maximum atomic E-state index is 13.6. The van der Waals surface area contributed by atoms with E-state index in [1.165, 1.54) is 17.7 Å². The number of carbonyl (C=O) groups is 1. The lowest BCUT2D eigenvalue weighted by molar-refractivity contribution is 0.0904. The highest BCUT2D eigenvalue weighted by atomic mass is 32.2. The number of halogens is 2. The lowest BCUT2D eigenvalue weighted by Gasteiger charge is -2.30. The summed E-state index contributed by atoms with van der Waals surface area (Å²) >= 11 is 1.03. The summed E-state index contributed by atoms with van der Waals surface area (Å²) in [5.41, 5.74) is 8.73. The van der Waals surface area contributed by atoms with Crippen molar-refractivity contribution < 1.29 is 18.3 Å². The van der Waals surface area contributed by atoms with Gasteiger partial charge in [0.25, 0.3) is 5.91 Å². The Kier molecular flexibility index (Phi) is 9.16. The van der Waals surface area contributed by atoms with Gasteiger partial charge >= 0.3 is 0 Å². The molecule has 0 aliphatic carbocycles. The second-order valence-corrected chi connectivity index (χ2v) is 11.6. The highest BCUT2D eigenvalue weighted by Crippen LogP contribution is 2.32. The summed E-state index contributed by atoms with van der Waals surface area (Å²) in [6.45, 7) is 3.40. The highest BCUT2D eigenvalue weighted by Gasteiger charge is 2.23. The lowest BCUT2D eigenvalue weighted by Crippen LogP contribution is -2.34. The zero-order valence-electron chi connectivity index (χ0n) is 22.9. The van der Waals surface area contributed by atoms with Gasteiger partial charge in [-0.15, -0.1) is 0 Å². The molecule has 0 spiro atoms. The summed E-state index contributed by atoms with van der Waals surface area (Å²) < 4.78 is 32.8. The van der Waals surface area contributed by atoms with E-state index < -0.39 is 17.5 Å². The Labute approximate surface area is 242 Å². The van der Waals surface area contributed by atoms with E-state index in [0.717, 1.165) is 62.3 Å². The lowest BCUT2D eigenvalue weighted by atomic mass is 9.88. The van der Waals surface area contributed by atoms with Gasteiger partial charge in [0.2, 0.25) is 0 Å². The van der Waals surface area contributed by atoms with Crippen molar-refractivity contribution in [2.75, 3.05) is 44.4 Å². The van der Waals surface area contributed by atoms with Gasteiger partial charge in [0, 0.05) is 35.9 Å². The molecule has 2 aromatic carbocycles. The van der Waals surface area contributed by atoms with Crippen LogP contribution in [0.1, 0.15) is 53.2 Å². The number of anilines is 2. The number of likely N-dealkylation sites (tertiary alicyclic amines) is 1. The maximum absolute atomic E-state index is 13.6. The van der Waals surface area contributed by atoms with Crippen molar-refractivity contribution >= 4 is 34.9 Å². The number of nitrogens with two attached hydrogens (primary N) is 1. The van der Waals surface area contributed by atoms with E-state index in [0.29, 0.717) is 34.6 Å². The smallest absolute Gasteiger partial charge is 0.258 e. The van der Waals surface area contributed by atoms with Crippen LogP contribution in [0.25, 0.3) is 0 Å². The minimum absolute atomic E-state index is 0.0714. The van der Waals surface area contributed by atoms with Gasteiger partial charge in [-0.05, 0) is 93.7 Å². The number of hydrogen-bond acceptors (Lipinski definition) is 8.